The second kappa shape index (κ2) is 11.7. The molecule has 0 bridgehead atoms. The first-order valence-corrected chi connectivity index (χ1v) is 11.0. The first-order chi connectivity index (χ1) is 16.4. The number of hydrogen-bond donors (Lipinski definition) is 0. The lowest BCUT2D eigenvalue weighted by atomic mass is 10.1. The van der Waals surface area contributed by atoms with Crippen molar-refractivity contribution in [3.05, 3.63) is 96.3 Å². The zero-order valence-corrected chi connectivity index (χ0v) is 19.9. The van der Waals surface area contributed by atoms with Crippen LogP contribution >= 0.6 is 0 Å². The van der Waals surface area contributed by atoms with Gasteiger partial charge in [0, 0.05) is 43.7 Å². The number of benzene rings is 2. The maximum Gasteiger partial charge on any atom is 0.254 e. The van der Waals surface area contributed by atoms with Crippen LogP contribution in [0.3, 0.4) is 0 Å². The third kappa shape index (κ3) is 6.28. The molecule has 3 aromatic rings. The quantitative estimate of drug-likeness (QED) is 0.406. The maximum atomic E-state index is 13.5. The molecule has 7 nitrogen and oxygen atoms in total. The van der Waals surface area contributed by atoms with Gasteiger partial charge >= 0.3 is 0 Å². The Morgan fingerprint density at radius 1 is 0.941 bits per heavy atom. The predicted molar refractivity (Wildman–Crippen MR) is 132 cm³/mol. The Morgan fingerprint density at radius 3 is 2.18 bits per heavy atom. The van der Waals surface area contributed by atoms with Crippen LogP contribution in [0.15, 0.2) is 79.5 Å². The second-order valence-electron chi connectivity index (χ2n) is 7.92. The molecule has 34 heavy (non-hydrogen) atoms. The highest BCUT2D eigenvalue weighted by atomic mass is 16.5. The van der Waals surface area contributed by atoms with Gasteiger partial charge in [-0.3, -0.25) is 9.59 Å². The molecule has 0 N–H and O–H groups in total. The molecular formula is C27H31N3O4. The van der Waals surface area contributed by atoms with Crippen molar-refractivity contribution < 1.29 is 19.1 Å². The average molecular weight is 462 g/mol. The van der Waals surface area contributed by atoms with Gasteiger partial charge in [0.25, 0.3) is 5.91 Å². The van der Waals surface area contributed by atoms with E-state index >= 15 is 0 Å². The van der Waals surface area contributed by atoms with Crippen molar-refractivity contribution in [2.75, 3.05) is 27.3 Å². The summed E-state index contributed by atoms with van der Waals surface area (Å²) in [7, 11) is 5.00. The van der Waals surface area contributed by atoms with Crippen molar-refractivity contribution >= 4 is 11.8 Å². The number of aromatic nitrogens is 1. The number of methoxy groups -OCH3 is 2. The molecule has 0 unspecified atom stereocenters. The zero-order chi connectivity index (χ0) is 24.5. The highest BCUT2D eigenvalue weighted by molar-refractivity contribution is 5.97. The number of amides is 2. The topological polar surface area (TPSA) is 64.0 Å². The van der Waals surface area contributed by atoms with Crippen molar-refractivity contribution in [3.8, 4) is 11.5 Å². The van der Waals surface area contributed by atoms with Gasteiger partial charge in [0.15, 0.2) is 0 Å². The molecule has 1 aromatic heterocycles. The van der Waals surface area contributed by atoms with Crippen LogP contribution in [-0.2, 0) is 24.9 Å². The summed E-state index contributed by atoms with van der Waals surface area (Å²) in [6.45, 7) is 4.78. The third-order valence-corrected chi connectivity index (χ3v) is 5.53. The summed E-state index contributed by atoms with van der Waals surface area (Å²) >= 11 is 0. The van der Waals surface area contributed by atoms with Gasteiger partial charge in [-0.05, 0) is 29.8 Å². The Balaban J connectivity index is 1.84. The molecule has 0 atom stereocenters. The van der Waals surface area contributed by atoms with Crippen LogP contribution in [0.5, 0.6) is 11.5 Å². The number of carbonyl (C=O) groups excluding carboxylic acids is 2. The average Bonchev–Trinajstić information content (AvgIpc) is 3.27. The van der Waals surface area contributed by atoms with E-state index in [2.05, 4.69) is 6.58 Å². The van der Waals surface area contributed by atoms with E-state index in [1.54, 1.807) is 29.2 Å². The lowest BCUT2D eigenvalue weighted by molar-refractivity contribution is -0.133. The number of rotatable bonds is 11. The van der Waals surface area contributed by atoms with E-state index in [0.29, 0.717) is 30.2 Å². The fourth-order valence-corrected chi connectivity index (χ4v) is 3.64. The molecule has 0 saturated heterocycles. The molecular weight excluding hydrogens is 430 g/mol. The normalized spacial score (nSPS) is 10.4. The smallest absolute Gasteiger partial charge is 0.254 e. The van der Waals surface area contributed by atoms with E-state index in [0.717, 1.165) is 11.3 Å². The number of carbonyl (C=O) groups is 2. The lowest BCUT2D eigenvalue weighted by Crippen LogP contribution is -2.42. The van der Waals surface area contributed by atoms with Gasteiger partial charge in [0.1, 0.15) is 18.0 Å². The Labute approximate surface area is 200 Å². The monoisotopic (exact) mass is 461 g/mol. The Bertz CT molecular complexity index is 1100. The summed E-state index contributed by atoms with van der Waals surface area (Å²) in [6, 6.07) is 18.7. The second-order valence-corrected chi connectivity index (χ2v) is 7.92. The van der Waals surface area contributed by atoms with E-state index in [4.69, 9.17) is 9.47 Å². The lowest BCUT2D eigenvalue weighted by Gasteiger charge is -2.28. The molecule has 7 heteroatoms. The van der Waals surface area contributed by atoms with Crippen LogP contribution in [0.25, 0.3) is 0 Å². The standard InChI is InChI=1S/C27H31N3O4/c1-5-13-29(27(32)22-15-24(33-3)17-25(16-22)34-4)20-26(31)30(18-21-10-7-6-8-11-21)19-23-12-9-14-28(23)2/h5-12,14-17H,1,13,18-20H2,2-4H3. The summed E-state index contributed by atoms with van der Waals surface area (Å²) < 4.78 is 12.6. The molecule has 0 aliphatic rings. The van der Waals surface area contributed by atoms with Crippen molar-refractivity contribution in [2.45, 2.75) is 13.1 Å². The van der Waals surface area contributed by atoms with E-state index in [1.165, 1.54) is 19.1 Å². The van der Waals surface area contributed by atoms with E-state index in [1.807, 2.05) is 60.3 Å². The largest absolute Gasteiger partial charge is 0.497 e. The first kappa shape index (κ1) is 24.6. The number of hydrogen-bond acceptors (Lipinski definition) is 4. The molecule has 178 valence electrons. The van der Waals surface area contributed by atoms with Gasteiger partial charge in [0.2, 0.25) is 5.91 Å². The Hall–Kier alpha value is -4.00. The van der Waals surface area contributed by atoms with Gasteiger partial charge in [-0.2, -0.15) is 0 Å². The number of ether oxygens (including phenoxy) is 2. The van der Waals surface area contributed by atoms with E-state index < -0.39 is 0 Å². The third-order valence-electron chi connectivity index (χ3n) is 5.53. The van der Waals surface area contributed by atoms with Crippen LogP contribution in [0.4, 0.5) is 0 Å². The fourth-order valence-electron chi connectivity index (χ4n) is 3.64. The maximum absolute atomic E-state index is 13.5. The van der Waals surface area contributed by atoms with Crippen molar-refractivity contribution in [3.63, 3.8) is 0 Å². The predicted octanol–water partition coefficient (Wildman–Crippen LogP) is 3.90. The summed E-state index contributed by atoms with van der Waals surface area (Å²) in [5.74, 6) is 0.545. The molecule has 0 radical (unpaired) electrons. The SMILES string of the molecule is C=CCN(CC(=O)N(Cc1ccccc1)Cc1cccn1C)C(=O)c1cc(OC)cc(OC)c1. The van der Waals surface area contributed by atoms with Crippen LogP contribution in [-0.4, -0.2) is 53.5 Å². The molecule has 1 heterocycles. The Morgan fingerprint density at radius 2 is 1.62 bits per heavy atom. The van der Waals surface area contributed by atoms with Gasteiger partial charge in [0.05, 0.1) is 20.8 Å². The molecule has 3 rings (SSSR count). The van der Waals surface area contributed by atoms with Gasteiger partial charge in [-0.1, -0.05) is 36.4 Å². The summed E-state index contributed by atoms with van der Waals surface area (Å²) in [6.07, 6.45) is 3.56. The minimum Gasteiger partial charge on any atom is -0.497 e. The van der Waals surface area contributed by atoms with Crippen molar-refractivity contribution in [2.24, 2.45) is 7.05 Å². The minimum absolute atomic E-state index is 0.0817. The van der Waals surface area contributed by atoms with E-state index in [-0.39, 0.29) is 24.9 Å². The van der Waals surface area contributed by atoms with Crippen LogP contribution in [0.1, 0.15) is 21.6 Å². The minimum atomic E-state index is -0.302. The zero-order valence-electron chi connectivity index (χ0n) is 19.9. The Kier molecular flexibility index (Phi) is 8.51. The van der Waals surface area contributed by atoms with Gasteiger partial charge < -0.3 is 23.8 Å². The van der Waals surface area contributed by atoms with Crippen LogP contribution in [0, 0.1) is 0 Å². The summed E-state index contributed by atoms with van der Waals surface area (Å²) in [5, 5.41) is 0. The van der Waals surface area contributed by atoms with Crippen molar-refractivity contribution in [1.29, 1.82) is 0 Å². The number of aryl methyl sites for hydroxylation is 1. The van der Waals surface area contributed by atoms with Crippen LogP contribution < -0.4 is 9.47 Å². The number of nitrogens with zero attached hydrogens (tertiary/aromatic N) is 3. The van der Waals surface area contributed by atoms with Crippen molar-refractivity contribution in [1.82, 2.24) is 14.4 Å². The molecule has 0 saturated carbocycles. The molecule has 2 amide bonds. The molecule has 2 aromatic carbocycles. The molecule has 0 spiro atoms. The van der Waals surface area contributed by atoms with Crippen LogP contribution in [0.2, 0.25) is 0 Å². The fraction of sp³-hybridized carbons (Fsp3) is 0.259. The van der Waals surface area contributed by atoms with Gasteiger partial charge in [-0.25, -0.2) is 0 Å². The van der Waals surface area contributed by atoms with E-state index in [9.17, 15) is 9.59 Å². The molecule has 0 aliphatic heterocycles. The first-order valence-electron chi connectivity index (χ1n) is 11.0. The highest BCUT2D eigenvalue weighted by Crippen LogP contribution is 2.23. The summed E-state index contributed by atoms with van der Waals surface area (Å²) in [5.41, 5.74) is 2.40. The molecule has 0 fully saturated rings. The van der Waals surface area contributed by atoms with Gasteiger partial charge in [-0.15, -0.1) is 6.58 Å². The molecule has 0 aliphatic carbocycles. The highest BCUT2D eigenvalue weighted by Gasteiger charge is 2.23. The summed E-state index contributed by atoms with van der Waals surface area (Å²) in [4.78, 5) is 30.1.